The van der Waals surface area contributed by atoms with Gasteiger partial charge in [0.25, 0.3) is 0 Å². The highest BCUT2D eigenvalue weighted by molar-refractivity contribution is 7.99. The molecule has 6 nitrogen and oxygen atoms in total. The maximum atomic E-state index is 12.5. The van der Waals surface area contributed by atoms with Crippen LogP contribution >= 0.6 is 11.8 Å². The summed E-state index contributed by atoms with van der Waals surface area (Å²) in [7, 11) is 0. The van der Waals surface area contributed by atoms with E-state index in [-0.39, 0.29) is 17.7 Å². The predicted octanol–water partition coefficient (Wildman–Crippen LogP) is 3.00. The van der Waals surface area contributed by atoms with Crippen LogP contribution in [0, 0.1) is 0 Å². The van der Waals surface area contributed by atoms with Crippen molar-refractivity contribution in [2.75, 3.05) is 11.1 Å². The Morgan fingerprint density at radius 3 is 2.52 bits per heavy atom. The topological polar surface area (TPSA) is 72.7 Å². The number of aromatic nitrogens is 4. The largest absolute Gasteiger partial charge is 0.416 e. The fourth-order valence-electron chi connectivity index (χ4n) is 1.67. The second-order valence-corrected chi connectivity index (χ2v) is 5.85. The third-order valence-corrected chi connectivity index (χ3v) is 3.71. The quantitative estimate of drug-likeness (QED) is 0.844. The Kier molecular flexibility index (Phi) is 5.24. The summed E-state index contributed by atoms with van der Waals surface area (Å²) in [4.78, 5) is 11.8. The van der Waals surface area contributed by atoms with Crippen molar-refractivity contribution in [1.82, 2.24) is 20.2 Å². The summed E-state index contributed by atoms with van der Waals surface area (Å²) in [6, 6.07) is 4.32. The number of tetrazole rings is 1. The van der Waals surface area contributed by atoms with Crippen molar-refractivity contribution in [2.45, 2.75) is 31.2 Å². The normalized spacial score (nSPS) is 11.7. The highest BCUT2D eigenvalue weighted by atomic mass is 32.2. The predicted molar refractivity (Wildman–Crippen MR) is 79.0 cm³/mol. The van der Waals surface area contributed by atoms with E-state index in [1.54, 1.807) is 4.68 Å². The molecule has 1 aromatic heterocycles. The number of nitrogens with zero attached hydrogens (tertiary/aromatic N) is 4. The highest BCUT2D eigenvalue weighted by Gasteiger charge is 2.29. The Morgan fingerprint density at radius 1 is 1.30 bits per heavy atom. The SMILES string of the molecule is CC(C)n1nnnc1SCC(=O)Nc1ccc(C(F)(F)F)cc1. The van der Waals surface area contributed by atoms with E-state index in [0.29, 0.717) is 10.8 Å². The van der Waals surface area contributed by atoms with Crippen LogP contribution in [0.2, 0.25) is 0 Å². The van der Waals surface area contributed by atoms with Crippen molar-refractivity contribution in [3.8, 4) is 0 Å². The summed E-state index contributed by atoms with van der Waals surface area (Å²) in [6.45, 7) is 3.81. The molecule has 2 rings (SSSR count). The zero-order valence-electron chi connectivity index (χ0n) is 12.3. The molecule has 0 aliphatic rings. The van der Waals surface area contributed by atoms with Gasteiger partial charge >= 0.3 is 6.18 Å². The number of anilines is 1. The van der Waals surface area contributed by atoms with Crippen LogP contribution in [0.15, 0.2) is 29.4 Å². The highest BCUT2D eigenvalue weighted by Crippen LogP contribution is 2.29. The molecule has 0 fully saturated rings. The van der Waals surface area contributed by atoms with Gasteiger partial charge in [0.15, 0.2) is 0 Å². The van der Waals surface area contributed by atoms with E-state index in [0.717, 1.165) is 23.9 Å². The minimum Gasteiger partial charge on any atom is -0.325 e. The number of amides is 1. The molecule has 0 atom stereocenters. The molecule has 2 aromatic rings. The van der Waals surface area contributed by atoms with Gasteiger partial charge in [0.1, 0.15) is 0 Å². The minimum atomic E-state index is -4.40. The average molecular weight is 345 g/mol. The molecule has 10 heteroatoms. The molecule has 1 aromatic carbocycles. The lowest BCUT2D eigenvalue weighted by Crippen LogP contribution is -2.15. The van der Waals surface area contributed by atoms with E-state index in [1.165, 1.54) is 12.1 Å². The van der Waals surface area contributed by atoms with E-state index in [9.17, 15) is 18.0 Å². The molecule has 1 amide bonds. The van der Waals surface area contributed by atoms with E-state index >= 15 is 0 Å². The second kappa shape index (κ2) is 6.99. The molecular formula is C13H14F3N5OS. The first kappa shape index (κ1) is 17.3. The van der Waals surface area contributed by atoms with Gasteiger partial charge in [-0.25, -0.2) is 4.68 Å². The van der Waals surface area contributed by atoms with Crippen molar-refractivity contribution in [3.05, 3.63) is 29.8 Å². The number of rotatable bonds is 5. The zero-order chi connectivity index (χ0) is 17.0. The number of hydrogen-bond acceptors (Lipinski definition) is 5. The number of carbonyl (C=O) groups excluding carboxylic acids is 1. The smallest absolute Gasteiger partial charge is 0.325 e. The molecule has 1 heterocycles. The number of alkyl halides is 3. The lowest BCUT2D eigenvalue weighted by atomic mass is 10.2. The van der Waals surface area contributed by atoms with E-state index in [1.807, 2.05) is 13.8 Å². The Bertz CT molecular complexity index is 669. The fourth-order valence-corrected chi connectivity index (χ4v) is 2.48. The van der Waals surface area contributed by atoms with Crippen molar-refractivity contribution < 1.29 is 18.0 Å². The molecule has 0 bridgehead atoms. The summed E-state index contributed by atoms with van der Waals surface area (Å²) >= 11 is 1.15. The first-order chi connectivity index (χ1) is 10.8. The van der Waals surface area contributed by atoms with Crippen LogP contribution in [0.1, 0.15) is 25.5 Å². The van der Waals surface area contributed by atoms with Gasteiger partial charge in [-0.2, -0.15) is 13.2 Å². The second-order valence-electron chi connectivity index (χ2n) is 4.91. The van der Waals surface area contributed by atoms with Gasteiger partial charge in [0.05, 0.1) is 17.4 Å². The molecule has 0 aliphatic carbocycles. The van der Waals surface area contributed by atoms with E-state index in [4.69, 9.17) is 0 Å². The zero-order valence-corrected chi connectivity index (χ0v) is 13.1. The molecule has 0 unspecified atom stereocenters. The third-order valence-electron chi connectivity index (χ3n) is 2.78. The van der Waals surface area contributed by atoms with E-state index in [2.05, 4.69) is 20.8 Å². The Morgan fingerprint density at radius 2 is 1.96 bits per heavy atom. The first-order valence-corrected chi connectivity index (χ1v) is 7.63. The molecule has 0 saturated carbocycles. The summed E-state index contributed by atoms with van der Waals surface area (Å²) in [6.07, 6.45) is -4.40. The monoisotopic (exact) mass is 345 g/mol. The molecule has 23 heavy (non-hydrogen) atoms. The number of carbonyl (C=O) groups is 1. The molecule has 0 radical (unpaired) electrons. The first-order valence-electron chi connectivity index (χ1n) is 6.65. The molecular weight excluding hydrogens is 331 g/mol. The van der Waals surface area contributed by atoms with Gasteiger partial charge in [-0.05, 0) is 48.5 Å². The summed E-state index contributed by atoms with van der Waals surface area (Å²) in [5.74, 6) is -0.304. The lowest BCUT2D eigenvalue weighted by Gasteiger charge is -2.09. The number of hydrogen-bond donors (Lipinski definition) is 1. The Hall–Kier alpha value is -2.10. The average Bonchev–Trinajstić information content (AvgIpc) is 2.93. The van der Waals surface area contributed by atoms with Crippen LogP contribution in [0.4, 0.5) is 18.9 Å². The van der Waals surface area contributed by atoms with Gasteiger partial charge in [0, 0.05) is 5.69 Å². The molecule has 1 N–H and O–H groups in total. The van der Waals surface area contributed by atoms with Gasteiger partial charge < -0.3 is 5.32 Å². The molecule has 124 valence electrons. The molecule has 0 saturated heterocycles. The van der Waals surface area contributed by atoms with Crippen LogP contribution in [-0.4, -0.2) is 31.9 Å². The number of thioether (sulfide) groups is 1. The van der Waals surface area contributed by atoms with Crippen LogP contribution in [0.3, 0.4) is 0 Å². The molecule has 0 spiro atoms. The van der Waals surface area contributed by atoms with Crippen LogP contribution in [-0.2, 0) is 11.0 Å². The third kappa shape index (κ3) is 4.68. The van der Waals surface area contributed by atoms with Crippen molar-refractivity contribution in [1.29, 1.82) is 0 Å². The maximum Gasteiger partial charge on any atom is 0.416 e. The summed E-state index contributed by atoms with van der Waals surface area (Å²) in [5, 5.41) is 14.2. The van der Waals surface area contributed by atoms with Gasteiger partial charge in [-0.3, -0.25) is 4.79 Å². The van der Waals surface area contributed by atoms with Crippen molar-refractivity contribution in [2.24, 2.45) is 0 Å². The Labute approximate surface area is 134 Å². The van der Waals surface area contributed by atoms with Gasteiger partial charge in [-0.1, -0.05) is 11.8 Å². The summed E-state index contributed by atoms with van der Waals surface area (Å²) in [5.41, 5.74) is -0.465. The number of halogens is 3. The van der Waals surface area contributed by atoms with Crippen LogP contribution in [0.25, 0.3) is 0 Å². The standard InChI is InChI=1S/C13H14F3N5OS/c1-8(2)21-12(18-19-20-21)23-7-11(22)17-10-5-3-9(4-6-10)13(14,15)16/h3-6,8H,7H2,1-2H3,(H,17,22). The van der Waals surface area contributed by atoms with Gasteiger partial charge in [-0.15, -0.1) is 5.10 Å². The minimum absolute atomic E-state index is 0.0497. The van der Waals surface area contributed by atoms with E-state index < -0.39 is 11.7 Å². The molecule has 0 aliphatic heterocycles. The maximum absolute atomic E-state index is 12.5. The lowest BCUT2D eigenvalue weighted by molar-refractivity contribution is -0.137. The van der Waals surface area contributed by atoms with Crippen LogP contribution in [0.5, 0.6) is 0 Å². The van der Waals surface area contributed by atoms with Crippen LogP contribution < -0.4 is 5.32 Å². The van der Waals surface area contributed by atoms with Crippen molar-refractivity contribution >= 4 is 23.4 Å². The fraction of sp³-hybridized carbons (Fsp3) is 0.385. The number of benzene rings is 1. The number of nitrogens with one attached hydrogen (secondary N) is 1. The summed E-state index contributed by atoms with van der Waals surface area (Å²) < 4.78 is 38.9. The Balaban J connectivity index is 1.91. The van der Waals surface area contributed by atoms with Gasteiger partial charge in [0.2, 0.25) is 11.1 Å². The van der Waals surface area contributed by atoms with Crippen molar-refractivity contribution in [3.63, 3.8) is 0 Å².